The van der Waals surface area contributed by atoms with Crippen LogP contribution in [0.25, 0.3) is 21.9 Å². The Morgan fingerprint density at radius 1 is 0.579 bits per heavy atom. The number of benzene rings is 5. The molecule has 0 saturated heterocycles. The van der Waals surface area contributed by atoms with Crippen molar-refractivity contribution in [2.45, 2.75) is 44.9 Å². The van der Waals surface area contributed by atoms with Crippen molar-refractivity contribution < 1.29 is 0 Å². The Balaban J connectivity index is 1.55. The zero-order valence-corrected chi connectivity index (χ0v) is 25.4. The molecule has 38 heavy (non-hydrogen) atoms. The van der Waals surface area contributed by atoms with E-state index in [1.807, 2.05) is 0 Å². The van der Waals surface area contributed by atoms with Crippen LogP contribution in [0.3, 0.4) is 0 Å². The summed E-state index contributed by atoms with van der Waals surface area (Å²) < 4.78 is 2.14. The fourth-order valence-corrected chi connectivity index (χ4v) is 7.02. The van der Waals surface area contributed by atoms with Crippen molar-refractivity contribution in [3.8, 4) is 11.1 Å². The van der Waals surface area contributed by atoms with Crippen LogP contribution >= 0.6 is 31.9 Å². The molecule has 5 aromatic rings. The molecular formula is C35H31Br2N. The third-order valence-corrected chi connectivity index (χ3v) is 9.04. The molecule has 0 unspecified atom stereocenters. The molecule has 3 heteroatoms. The van der Waals surface area contributed by atoms with E-state index in [1.165, 1.54) is 39.4 Å². The highest BCUT2D eigenvalue weighted by Crippen LogP contribution is 2.51. The Kier molecular flexibility index (Phi) is 6.28. The van der Waals surface area contributed by atoms with Gasteiger partial charge in [-0.05, 0) is 99.5 Å². The first-order chi connectivity index (χ1) is 18.1. The molecule has 0 bridgehead atoms. The Morgan fingerprint density at radius 2 is 1.13 bits per heavy atom. The van der Waals surface area contributed by atoms with Crippen molar-refractivity contribution in [3.05, 3.63) is 123 Å². The minimum absolute atomic E-state index is 0.171. The van der Waals surface area contributed by atoms with Gasteiger partial charge in [0, 0.05) is 25.7 Å². The summed E-state index contributed by atoms with van der Waals surface area (Å²) in [4.78, 5) is 2.35. The lowest BCUT2D eigenvalue weighted by Gasteiger charge is -2.28. The number of rotatable bonds is 4. The van der Waals surface area contributed by atoms with Crippen molar-refractivity contribution in [1.29, 1.82) is 0 Å². The van der Waals surface area contributed by atoms with E-state index < -0.39 is 0 Å². The summed E-state index contributed by atoms with van der Waals surface area (Å²) in [7, 11) is 0. The molecule has 5 aromatic carbocycles. The van der Waals surface area contributed by atoms with Gasteiger partial charge in [0.2, 0.25) is 0 Å². The third kappa shape index (κ3) is 4.40. The van der Waals surface area contributed by atoms with Crippen molar-refractivity contribution in [2.24, 2.45) is 0 Å². The lowest BCUT2D eigenvalue weighted by Crippen LogP contribution is -2.17. The smallest absolute Gasteiger partial charge is 0.0540 e. The molecule has 0 fully saturated rings. The number of hydrogen-bond acceptors (Lipinski definition) is 1. The molecule has 0 radical (unpaired) electrons. The maximum absolute atomic E-state index is 3.60. The van der Waals surface area contributed by atoms with Crippen LogP contribution in [-0.2, 0) is 10.8 Å². The van der Waals surface area contributed by atoms with Gasteiger partial charge in [-0.15, -0.1) is 0 Å². The van der Waals surface area contributed by atoms with E-state index in [-0.39, 0.29) is 10.8 Å². The molecule has 0 amide bonds. The summed E-state index contributed by atoms with van der Waals surface area (Å²) in [5.41, 5.74) is 9.32. The summed E-state index contributed by atoms with van der Waals surface area (Å²) in [6.45, 7) is 9.53. The van der Waals surface area contributed by atoms with Crippen LogP contribution in [0.4, 0.5) is 17.1 Å². The minimum Gasteiger partial charge on any atom is -0.310 e. The molecule has 0 spiro atoms. The zero-order valence-electron chi connectivity index (χ0n) is 22.2. The average Bonchev–Trinajstić information content (AvgIpc) is 3.09. The molecule has 0 aromatic heterocycles. The Morgan fingerprint density at radius 3 is 1.74 bits per heavy atom. The van der Waals surface area contributed by atoms with Crippen LogP contribution in [0.1, 0.15) is 45.2 Å². The topological polar surface area (TPSA) is 3.24 Å². The van der Waals surface area contributed by atoms with Gasteiger partial charge in [0.15, 0.2) is 0 Å². The fraction of sp³-hybridized carbons (Fsp3) is 0.200. The molecule has 6 rings (SSSR count). The van der Waals surface area contributed by atoms with E-state index in [2.05, 4.69) is 168 Å². The number of halogens is 2. The third-order valence-electron chi connectivity index (χ3n) is 7.98. The second-order valence-electron chi connectivity index (χ2n) is 11.7. The number of fused-ring (bicyclic) bond motifs is 2. The highest BCUT2D eigenvalue weighted by molar-refractivity contribution is 9.10. The Labute approximate surface area is 242 Å². The molecular weight excluding hydrogens is 594 g/mol. The zero-order chi connectivity index (χ0) is 26.7. The minimum atomic E-state index is 0.171. The molecule has 0 aliphatic heterocycles. The van der Waals surface area contributed by atoms with Crippen LogP contribution in [0.5, 0.6) is 0 Å². The largest absolute Gasteiger partial charge is 0.310 e. The molecule has 1 aliphatic rings. The molecule has 0 saturated carbocycles. The van der Waals surface area contributed by atoms with E-state index in [9.17, 15) is 0 Å². The van der Waals surface area contributed by atoms with Crippen molar-refractivity contribution >= 4 is 59.7 Å². The van der Waals surface area contributed by atoms with Crippen LogP contribution in [0.15, 0.2) is 112 Å². The summed E-state index contributed by atoms with van der Waals surface area (Å²) in [5.74, 6) is 0. The van der Waals surface area contributed by atoms with Gasteiger partial charge in [-0.3, -0.25) is 0 Å². The van der Waals surface area contributed by atoms with Crippen LogP contribution in [0, 0.1) is 0 Å². The monoisotopic (exact) mass is 623 g/mol. The van der Waals surface area contributed by atoms with E-state index in [0.29, 0.717) is 0 Å². The lowest BCUT2D eigenvalue weighted by atomic mass is 9.82. The summed E-state index contributed by atoms with van der Waals surface area (Å²) in [6.07, 6.45) is 1.17. The van der Waals surface area contributed by atoms with E-state index in [0.717, 1.165) is 26.0 Å². The normalized spacial score (nSPS) is 15.4. The van der Waals surface area contributed by atoms with E-state index >= 15 is 0 Å². The molecule has 190 valence electrons. The molecule has 1 aliphatic carbocycles. The Bertz CT molecular complexity index is 1600. The maximum Gasteiger partial charge on any atom is 0.0540 e. The summed E-state index contributed by atoms with van der Waals surface area (Å²) in [5, 5.41) is 2.50. The highest BCUT2D eigenvalue weighted by atomic mass is 79.9. The first-order valence-electron chi connectivity index (χ1n) is 13.1. The predicted octanol–water partition coefficient (Wildman–Crippen LogP) is 11.5. The predicted molar refractivity (Wildman–Crippen MR) is 170 cm³/mol. The molecule has 0 atom stereocenters. The highest BCUT2D eigenvalue weighted by Gasteiger charge is 2.41. The number of anilines is 3. The van der Waals surface area contributed by atoms with Gasteiger partial charge in [0.25, 0.3) is 0 Å². The SMILES string of the molecule is CC1(C)CC(C)(C)c2cc(-c3ccc(N(c4ccc(Br)cc4)c4ccc(Br)cc4)c4ccccc34)ccc21. The van der Waals surface area contributed by atoms with E-state index in [1.54, 1.807) is 0 Å². The van der Waals surface area contributed by atoms with Gasteiger partial charge in [0.1, 0.15) is 0 Å². The van der Waals surface area contributed by atoms with Gasteiger partial charge in [-0.25, -0.2) is 0 Å². The first-order valence-corrected chi connectivity index (χ1v) is 14.7. The fourth-order valence-electron chi connectivity index (χ4n) is 6.49. The molecule has 0 heterocycles. The standard InChI is InChI=1S/C35H31Br2N/c1-34(2)22-35(3,4)32-21-23(9-19-31(32)34)28-18-20-33(30-8-6-5-7-29(28)30)38(26-14-10-24(36)11-15-26)27-16-12-25(37)13-17-27/h5-21H,22H2,1-4H3. The molecule has 1 nitrogen and oxygen atoms in total. The van der Waals surface area contributed by atoms with Gasteiger partial charge in [0.05, 0.1) is 5.69 Å². The van der Waals surface area contributed by atoms with Gasteiger partial charge < -0.3 is 4.90 Å². The first kappa shape index (κ1) is 25.4. The summed E-state index contributed by atoms with van der Waals surface area (Å²) >= 11 is 7.21. The second kappa shape index (κ2) is 9.39. The lowest BCUT2D eigenvalue weighted by molar-refractivity contribution is 0.403. The van der Waals surface area contributed by atoms with Crippen molar-refractivity contribution in [1.82, 2.24) is 0 Å². The average molecular weight is 625 g/mol. The number of hydrogen-bond donors (Lipinski definition) is 0. The maximum atomic E-state index is 3.60. The van der Waals surface area contributed by atoms with Crippen molar-refractivity contribution in [3.63, 3.8) is 0 Å². The van der Waals surface area contributed by atoms with Gasteiger partial charge in [-0.1, -0.05) is 108 Å². The van der Waals surface area contributed by atoms with E-state index in [4.69, 9.17) is 0 Å². The van der Waals surface area contributed by atoms with Crippen molar-refractivity contribution in [2.75, 3.05) is 4.90 Å². The van der Waals surface area contributed by atoms with Gasteiger partial charge >= 0.3 is 0 Å². The quantitative estimate of drug-likeness (QED) is 0.192. The second-order valence-corrected chi connectivity index (χ2v) is 13.5. The summed E-state index contributed by atoms with van der Waals surface area (Å²) in [6, 6.07) is 37.6. The molecule has 0 N–H and O–H groups in total. The van der Waals surface area contributed by atoms with Crippen LogP contribution < -0.4 is 4.90 Å². The Hall–Kier alpha value is -2.88. The van der Waals surface area contributed by atoms with Crippen LogP contribution in [0.2, 0.25) is 0 Å². The van der Waals surface area contributed by atoms with Crippen LogP contribution in [-0.4, -0.2) is 0 Å². The number of nitrogens with zero attached hydrogens (tertiary/aromatic N) is 1. The van der Waals surface area contributed by atoms with Gasteiger partial charge in [-0.2, -0.15) is 0 Å².